The van der Waals surface area contributed by atoms with Gasteiger partial charge in [0.1, 0.15) is 4.90 Å². The zero-order chi connectivity index (χ0) is 16.8. The van der Waals surface area contributed by atoms with E-state index in [1.807, 2.05) is 0 Å². The molecule has 0 saturated heterocycles. The summed E-state index contributed by atoms with van der Waals surface area (Å²) in [6.45, 7) is 0. The van der Waals surface area contributed by atoms with Gasteiger partial charge in [0.05, 0.1) is 5.69 Å². The summed E-state index contributed by atoms with van der Waals surface area (Å²) >= 11 is 0. The number of anilines is 1. The van der Waals surface area contributed by atoms with E-state index in [2.05, 4.69) is 0 Å². The average Bonchev–Trinajstić information content (AvgIpc) is 2.37. The molecule has 0 aliphatic heterocycles. The van der Waals surface area contributed by atoms with Gasteiger partial charge in [0.25, 0.3) is 20.2 Å². The van der Waals surface area contributed by atoms with Gasteiger partial charge in [0.2, 0.25) is 0 Å². The molecule has 0 aromatic heterocycles. The van der Waals surface area contributed by atoms with Crippen molar-refractivity contribution in [3.8, 4) is 0 Å². The molecule has 1 unspecified atom stereocenters. The number of rotatable bonds is 3. The molecule has 0 heterocycles. The highest BCUT2D eigenvalue weighted by Crippen LogP contribution is 2.36. The third-order valence-corrected chi connectivity index (χ3v) is 5.56. The minimum atomic E-state index is -4.67. The Kier molecular flexibility index (Phi) is 3.92. The minimum Gasteiger partial charge on any atom is -0.398 e. The molecule has 22 heavy (non-hydrogen) atoms. The molecule has 0 spiro atoms. The van der Waals surface area contributed by atoms with Gasteiger partial charge in [-0.2, -0.15) is 16.8 Å². The standard InChI is InChI=1S/C12H14N2O6S2/c13-10-5-4-8(7-11(10)21(15,16)17)9-3-1-2-6-12(9,14)22(18,19)20/h1-5,7H,6,13-14H2,(H,15,16,17)(H,18,19,20). The molecule has 6 N–H and O–H groups in total. The van der Waals surface area contributed by atoms with E-state index in [0.29, 0.717) is 0 Å². The zero-order valence-electron chi connectivity index (χ0n) is 11.2. The first-order valence-electron chi connectivity index (χ1n) is 5.97. The Labute approximate surface area is 127 Å². The molecule has 2 rings (SSSR count). The van der Waals surface area contributed by atoms with Crippen molar-refractivity contribution in [3.05, 3.63) is 42.0 Å². The van der Waals surface area contributed by atoms with Gasteiger partial charge in [-0.25, -0.2) is 0 Å². The number of nitrogen functional groups attached to an aromatic ring is 1. The topological polar surface area (TPSA) is 161 Å². The van der Waals surface area contributed by atoms with Crippen molar-refractivity contribution in [2.24, 2.45) is 5.73 Å². The first-order chi connectivity index (χ1) is 9.97. The van der Waals surface area contributed by atoms with Crippen LogP contribution in [0, 0.1) is 0 Å². The Morgan fingerprint density at radius 2 is 1.77 bits per heavy atom. The number of benzene rings is 1. The zero-order valence-corrected chi connectivity index (χ0v) is 12.8. The lowest BCUT2D eigenvalue weighted by atomic mass is 9.92. The molecule has 1 aliphatic rings. The van der Waals surface area contributed by atoms with E-state index in [9.17, 15) is 21.4 Å². The fraction of sp³-hybridized carbons (Fsp3) is 0.167. The van der Waals surface area contributed by atoms with Crippen LogP contribution in [0.2, 0.25) is 0 Å². The van der Waals surface area contributed by atoms with Gasteiger partial charge >= 0.3 is 0 Å². The van der Waals surface area contributed by atoms with Crippen LogP contribution >= 0.6 is 0 Å². The summed E-state index contributed by atoms with van der Waals surface area (Å²) in [5, 5.41) is 0. The Balaban J connectivity index is 2.70. The molecule has 10 heteroatoms. The smallest absolute Gasteiger partial charge is 0.296 e. The maximum Gasteiger partial charge on any atom is 0.296 e. The molecule has 0 saturated carbocycles. The Hall–Kier alpha value is -1.72. The van der Waals surface area contributed by atoms with Crippen molar-refractivity contribution in [1.82, 2.24) is 0 Å². The van der Waals surface area contributed by atoms with Crippen LogP contribution in [0.1, 0.15) is 12.0 Å². The maximum absolute atomic E-state index is 11.6. The van der Waals surface area contributed by atoms with E-state index >= 15 is 0 Å². The average molecular weight is 346 g/mol. The summed E-state index contributed by atoms with van der Waals surface area (Å²) in [5.74, 6) is 0. The van der Waals surface area contributed by atoms with Gasteiger partial charge < -0.3 is 11.5 Å². The van der Waals surface area contributed by atoms with E-state index in [1.165, 1.54) is 30.4 Å². The van der Waals surface area contributed by atoms with Crippen LogP contribution in [0.3, 0.4) is 0 Å². The van der Waals surface area contributed by atoms with E-state index in [0.717, 1.165) is 6.07 Å². The SMILES string of the molecule is Nc1ccc(C2=CC=CCC2(N)S(=O)(=O)O)cc1S(=O)(=O)O. The lowest BCUT2D eigenvalue weighted by Crippen LogP contribution is -2.48. The molecule has 120 valence electrons. The minimum absolute atomic E-state index is 0.0117. The Morgan fingerprint density at radius 1 is 1.14 bits per heavy atom. The molecule has 8 nitrogen and oxygen atoms in total. The second kappa shape index (κ2) is 5.18. The second-order valence-electron chi connectivity index (χ2n) is 4.80. The third-order valence-electron chi connectivity index (χ3n) is 3.34. The molecule has 1 aliphatic carbocycles. The van der Waals surface area contributed by atoms with Crippen LogP contribution in [0.4, 0.5) is 5.69 Å². The molecule has 0 fully saturated rings. The molecule has 1 atom stereocenters. The van der Waals surface area contributed by atoms with Gasteiger partial charge in [-0.15, -0.1) is 0 Å². The van der Waals surface area contributed by atoms with Crippen LogP contribution in [0.15, 0.2) is 41.3 Å². The number of hydrogen-bond donors (Lipinski definition) is 4. The number of hydrogen-bond acceptors (Lipinski definition) is 6. The predicted octanol–water partition coefficient (Wildman–Crippen LogP) is 0.402. The molecule has 0 radical (unpaired) electrons. The van der Waals surface area contributed by atoms with Gasteiger partial charge in [0, 0.05) is 6.42 Å². The molecular formula is C12H14N2O6S2. The largest absolute Gasteiger partial charge is 0.398 e. The van der Waals surface area contributed by atoms with Crippen LogP contribution in [-0.4, -0.2) is 30.8 Å². The van der Waals surface area contributed by atoms with Gasteiger partial charge in [0.15, 0.2) is 4.87 Å². The summed E-state index contributed by atoms with van der Waals surface area (Å²) in [6.07, 6.45) is 4.13. The first kappa shape index (κ1) is 16.6. The van der Waals surface area contributed by atoms with Crippen LogP contribution in [0.5, 0.6) is 0 Å². The molecule has 1 aromatic carbocycles. The van der Waals surface area contributed by atoms with Crippen molar-refractivity contribution < 1.29 is 25.9 Å². The lowest BCUT2D eigenvalue weighted by molar-refractivity contribution is 0.451. The van der Waals surface area contributed by atoms with E-state index in [4.69, 9.17) is 16.0 Å². The lowest BCUT2D eigenvalue weighted by Gasteiger charge is -2.30. The number of allylic oxidation sites excluding steroid dienone is 2. The summed E-state index contributed by atoms with van der Waals surface area (Å²) in [7, 11) is -9.26. The third kappa shape index (κ3) is 2.78. The van der Waals surface area contributed by atoms with Gasteiger partial charge in [-0.3, -0.25) is 9.11 Å². The summed E-state index contributed by atoms with van der Waals surface area (Å²) in [6, 6.07) is 3.55. The van der Waals surface area contributed by atoms with Crippen molar-refractivity contribution in [1.29, 1.82) is 0 Å². The second-order valence-corrected chi connectivity index (χ2v) is 7.87. The van der Waals surface area contributed by atoms with Crippen LogP contribution < -0.4 is 11.5 Å². The van der Waals surface area contributed by atoms with Gasteiger partial charge in [-0.05, 0) is 23.3 Å². The Morgan fingerprint density at radius 3 is 2.32 bits per heavy atom. The van der Waals surface area contributed by atoms with Crippen LogP contribution in [0.25, 0.3) is 5.57 Å². The van der Waals surface area contributed by atoms with Gasteiger partial charge in [-0.1, -0.05) is 24.3 Å². The van der Waals surface area contributed by atoms with Crippen LogP contribution in [-0.2, 0) is 20.2 Å². The highest BCUT2D eigenvalue weighted by molar-refractivity contribution is 7.87. The van der Waals surface area contributed by atoms with E-state index < -0.39 is 30.0 Å². The van der Waals surface area contributed by atoms with Crippen molar-refractivity contribution in [2.75, 3.05) is 5.73 Å². The van der Waals surface area contributed by atoms with Crippen molar-refractivity contribution in [3.63, 3.8) is 0 Å². The predicted molar refractivity (Wildman–Crippen MR) is 80.9 cm³/mol. The molecule has 1 aromatic rings. The molecular weight excluding hydrogens is 332 g/mol. The molecule has 0 amide bonds. The van der Waals surface area contributed by atoms with Crippen molar-refractivity contribution in [2.45, 2.75) is 16.2 Å². The monoisotopic (exact) mass is 346 g/mol. The maximum atomic E-state index is 11.6. The number of nitrogens with two attached hydrogens (primary N) is 2. The normalized spacial score (nSPS) is 22.4. The van der Waals surface area contributed by atoms with Crippen molar-refractivity contribution >= 4 is 31.5 Å². The summed E-state index contributed by atoms with van der Waals surface area (Å²) in [5.41, 5.74) is 11.2. The van der Waals surface area contributed by atoms with E-state index in [1.54, 1.807) is 0 Å². The fourth-order valence-corrected chi connectivity index (χ4v) is 3.58. The Bertz CT molecular complexity index is 886. The highest BCUT2D eigenvalue weighted by Gasteiger charge is 2.43. The highest BCUT2D eigenvalue weighted by atomic mass is 32.2. The fourth-order valence-electron chi connectivity index (χ4n) is 2.17. The quantitative estimate of drug-likeness (QED) is 0.452. The molecule has 0 bridgehead atoms. The summed E-state index contributed by atoms with van der Waals surface area (Å²) in [4.78, 5) is -2.69. The summed E-state index contributed by atoms with van der Waals surface area (Å²) < 4.78 is 64.3. The van der Waals surface area contributed by atoms with E-state index in [-0.39, 0.29) is 23.2 Å². The first-order valence-corrected chi connectivity index (χ1v) is 8.85.